The number of rotatable bonds is 4. The fourth-order valence-electron chi connectivity index (χ4n) is 1.76. The van der Waals surface area contributed by atoms with Crippen LogP contribution < -0.4 is 11.1 Å². The molecule has 5 nitrogen and oxygen atoms in total. The van der Waals surface area contributed by atoms with Crippen molar-refractivity contribution in [3.8, 4) is 0 Å². The Balaban J connectivity index is 1.88. The topological polar surface area (TPSA) is 75.4 Å². The summed E-state index contributed by atoms with van der Waals surface area (Å²) in [7, 11) is 0. The molecule has 18 heavy (non-hydrogen) atoms. The number of carbonyl (C=O) groups excluding carboxylic acids is 2. The molecule has 1 aromatic carbocycles. The van der Waals surface area contributed by atoms with Gasteiger partial charge in [0, 0.05) is 22.9 Å². The van der Waals surface area contributed by atoms with Crippen molar-refractivity contribution in [2.45, 2.75) is 11.8 Å². The van der Waals surface area contributed by atoms with Gasteiger partial charge in [0.15, 0.2) is 0 Å². The molecule has 0 atom stereocenters. The molecule has 1 aromatic rings. The Labute approximate surface area is 110 Å². The molecule has 2 rings (SSSR count). The van der Waals surface area contributed by atoms with Crippen LogP contribution in [0.3, 0.4) is 0 Å². The van der Waals surface area contributed by atoms with E-state index in [4.69, 9.17) is 5.73 Å². The molecule has 0 unspecified atom stereocenters. The number of nitrogens with zero attached hydrogens (tertiary/aromatic N) is 1. The average Bonchev–Trinajstić information content (AvgIpc) is 2.63. The van der Waals surface area contributed by atoms with Crippen LogP contribution in [-0.4, -0.2) is 35.7 Å². The molecule has 1 aliphatic rings. The number of hydrogen-bond acceptors (Lipinski definition) is 4. The highest BCUT2D eigenvalue weighted by Gasteiger charge is 2.27. The zero-order chi connectivity index (χ0) is 13.1. The van der Waals surface area contributed by atoms with E-state index in [0.717, 1.165) is 16.1 Å². The van der Waals surface area contributed by atoms with E-state index in [2.05, 4.69) is 5.32 Å². The van der Waals surface area contributed by atoms with Crippen molar-refractivity contribution in [2.75, 3.05) is 24.6 Å². The standard InChI is InChI=1S/C12H15N3O2S/c1-8-6-9(13)2-3-10(8)18-5-4-15-11(16)7-14-12(15)17/h2-3,6H,4-5,7,13H2,1H3,(H,14,17). The summed E-state index contributed by atoms with van der Waals surface area (Å²) >= 11 is 1.62. The van der Waals surface area contributed by atoms with Gasteiger partial charge in [0.1, 0.15) is 0 Å². The maximum atomic E-state index is 11.4. The van der Waals surface area contributed by atoms with Gasteiger partial charge in [0.25, 0.3) is 0 Å². The van der Waals surface area contributed by atoms with Gasteiger partial charge in [-0.2, -0.15) is 0 Å². The summed E-state index contributed by atoms with van der Waals surface area (Å²) in [6, 6.07) is 5.43. The van der Waals surface area contributed by atoms with Crippen molar-refractivity contribution in [3.63, 3.8) is 0 Å². The Bertz CT molecular complexity index is 474. The third-order valence-corrected chi connectivity index (χ3v) is 3.86. The second kappa shape index (κ2) is 5.30. The molecule has 0 spiro atoms. The number of aryl methyl sites for hydroxylation is 1. The molecule has 0 bridgehead atoms. The number of nitrogens with two attached hydrogens (primary N) is 1. The number of imide groups is 1. The minimum atomic E-state index is -0.297. The SMILES string of the molecule is Cc1cc(N)ccc1SCCN1C(=O)CNC1=O. The second-order valence-corrected chi connectivity index (χ2v) is 5.21. The maximum absolute atomic E-state index is 11.4. The van der Waals surface area contributed by atoms with Crippen molar-refractivity contribution >= 4 is 29.4 Å². The first-order valence-electron chi connectivity index (χ1n) is 5.65. The number of benzene rings is 1. The third-order valence-electron chi connectivity index (χ3n) is 2.71. The van der Waals surface area contributed by atoms with Crippen LogP contribution in [0.1, 0.15) is 5.56 Å². The van der Waals surface area contributed by atoms with Gasteiger partial charge in [-0.25, -0.2) is 4.79 Å². The monoisotopic (exact) mass is 265 g/mol. The summed E-state index contributed by atoms with van der Waals surface area (Å²) in [5.74, 6) is 0.527. The highest BCUT2D eigenvalue weighted by Crippen LogP contribution is 2.24. The van der Waals surface area contributed by atoms with Crippen molar-refractivity contribution in [1.29, 1.82) is 0 Å². The molecule has 1 saturated heterocycles. The summed E-state index contributed by atoms with van der Waals surface area (Å²) in [6.07, 6.45) is 0. The zero-order valence-electron chi connectivity index (χ0n) is 10.1. The molecule has 96 valence electrons. The Morgan fingerprint density at radius 3 is 2.83 bits per heavy atom. The van der Waals surface area contributed by atoms with Crippen LogP contribution in [0.2, 0.25) is 0 Å². The Hall–Kier alpha value is -1.69. The van der Waals surface area contributed by atoms with Gasteiger partial charge in [-0.3, -0.25) is 9.69 Å². The molecular weight excluding hydrogens is 250 g/mol. The van der Waals surface area contributed by atoms with E-state index in [1.165, 1.54) is 4.90 Å². The lowest BCUT2D eigenvalue weighted by molar-refractivity contribution is -0.124. The molecule has 1 fully saturated rings. The predicted octanol–water partition coefficient (Wildman–Crippen LogP) is 1.22. The summed E-state index contributed by atoms with van der Waals surface area (Å²) in [5, 5.41) is 2.50. The van der Waals surface area contributed by atoms with Crippen molar-refractivity contribution in [3.05, 3.63) is 23.8 Å². The molecule has 3 amide bonds. The van der Waals surface area contributed by atoms with Gasteiger partial charge in [-0.05, 0) is 30.7 Å². The minimum absolute atomic E-state index is 0.115. The molecule has 0 aliphatic carbocycles. The molecule has 6 heteroatoms. The molecule has 0 saturated carbocycles. The first-order valence-corrected chi connectivity index (χ1v) is 6.63. The normalized spacial score (nSPS) is 15.1. The number of thioether (sulfide) groups is 1. The zero-order valence-corrected chi connectivity index (χ0v) is 10.9. The van der Waals surface area contributed by atoms with Crippen molar-refractivity contribution in [2.24, 2.45) is 0 Å². The lowest BCUT2D eigenvalue weighted by Crippen LogP contribution is -2.32. The van der Waals surface area contributed by atoms with E-state index in [0.29, 0.717) is 12.3 Å². The van der Waals surface area contributed by atoms with Gasteiger partial charge in [0.2, 0.25) is 5.91 Å². The Morgan fingerprint density at radius 2 is 2.22 bits per heavy atom. The highest BCUT2D eigenvalue weighted by molar-refractivity contribution is 7.99. The van der Waals surface area contributed by atoms with Gasteiger partial charge < -0.3 is 11.1 Å². The Kier molecular flexibility index (Phi) is 3.76. The first-order chi connectivity index (χ1) is 8.58. The lowest BCUT2D eigenvalue weighted by Gasteiger charge is -2.12. The maximum Gasteiger partial charge on any atom is 0.324 e. The first kappa shape index (κ1) is 12.8. The summed E-state index contributed by atoms with van der Waals surface area (Å²) in [5.41, 5.74) is 7.53. The summed E-state index contributed by atoms with van der Waals surface area (Å²) in [4.78, 5) is 25.0. The van der Waals surface area contributed by atoms with Crippen LogP contribution in [0.4, 0.5) is 10.5 Å². The molecule has 0 aromatic heterocycles. The van der Waals surface area contributed by atoms with Crippen LogP contribution >= 0.6 is 11.8 Å². The Morgan fingerprint density at radius 1 is 1.44 bits per heavy atom. The van der Waals surface area contributed by atoms with Crippen LogP contribution in [-0.2, 0) is 4.79 Å². The van der Waals surface area contributed by atoms with Crippen LogP contribution in [0.25, 0.3) is 0 Å². The van der Waals surface area contributed by atoms with Crippen LogP contribution in [0.15, 0.2) is 23.1 Å². The number of carbonyl (C=O) groups is 2. The largest absolute Gasteiger partial charge is 0.399 e. The van der Waals surface area contributed by atoms with Crippen LogP contribution in [0, 0.1) is 6.92 Å². The summed E-state index contributed by atoms with van der Waals surface area (Å²) in [6.45, 7) is 2.54. The van der Waals surface area contributed by atoms with Gasteiger partial charge >= 0.3 is 6.03 Å². The lowest BCUT2D eigenvalue weighted by atomic mass is 10.2. The fraction of sp³-hybridized carbons (Fsp3) is 0.333. The highest BCUT2D eigenvalue weighted by atomic mass is 32.2. The summed E-state index contributed by atoms with van der Waals surface area (Å²) < 4.78 is 0. The van der Waals surface area contributed by atoms with Gasteiger partial charge in [-0.1, -0.05) is 0 Å². The number of amides is 3. The number of anilines is 1. The van der Waals surface area contributed by atoms with Crippen molar-refractivity contribution in [1.82, 2.24) is 10.2 Å². The van der Waals surface area contributed by atoms with Gasteiger partial charge in [0.05, 0.1) is 6.54 Å². The predicted molar refractivity (Wildman–Crippen MR) is 71.4 cm³/mol. The number of nitrogens with one attached hydrogen (secondary N) is 1. The molecule has 3 N–H and O–H groups in total. The number of urea groups is 1. The molecule has 0 radical (unpaired) electrons. The van der Waals surface area contributed by atoms with E-state index in [1.54, 1.807) is 11.8 Å². The number of hydrogen-bond donors (Lipinski definition) is 2. The van der Waals surface area contributed by atoms with Crippen molar-refractivity contribution < 1.29 is 9.59 Å². The van der Waals surface area contributed by atoms with Gasteiger partial charge in [-0.15, -0.1) is 11.8 Å². The smallest absolute Gasteiger partial charge is 0.324 e. The minimum Gasteiger partial charge on any atom is -0.399 e. The van der Waals surface area contributed by atoms with E-state index < -0.39 is 0 Å². The molecular formula is C12H15N3O2S. The molecule has 1 heterocycles. The number of nitrogen functional groups attached to an aromatic ring is 1. The second-order valence-electron chi connectivity index (χ2n) is 4.08. The van der Waals surface area contributed by atoms with E-state index >= 15 is 0 Å². The van der Waals surface area contributed by atoms with E-state index in [1.807, 2.05) is 25.1 Å². The van der Waals surface area contributed by atoms with E-state index in [-0.39, 0.29) is 18.5 Å². The quantitative estimate of drug-likeness (QED) is 0.487. The fourth-order valence-corrected chi connectivity index (χ4v) is 2.71. The molecule has 1 aliphatic heterocycles. The average molecular weight is 265 g/mol. The van der Waals surface area contributed by atoms with E-state index in [9.17, 15) is 9.59 Å². The third kappa shape index (κ3) is 2.76. The van der Waals surface area contributed by atoms with Crippen LogP contribution in [0.5, 0.6) is 0 Å².